The van der Waals surface area contributed by atoms with Crippen molar-refractivity contribution >= 4 is 34.0 Å². The number of fused-ring (bicyclic) bond motifs is 1. The number of ether oxygens (including phenoxy) is 1. The molecule has 1 N–H and O–H groups in total. The van der Waals surface area contributed by atoms with Gasteiger partial charge in [0.2, 0.25) is 0 Å². The van der Waals surface area contributed by atoms with E-state index in [0.717, 1.165) is 55.5 Å². The minimum Gasteiger partial charge on any atom is -0.469 e. The number of hydrogen-bond donors (Lipinski definition) is 1. The SMILES string of the molecule is COC(=O)C[C@@](Nc1nc2c(s1)CCCC2)(c1cc(F)cc(C(F)(F)F)c1)c1ccc(Cl)cn1. The molecule has 1 atom stereocenters. The van der Waals surface area contributed by atoms with E-state index in [1.165, 1.54) is 29.7 Å². The number of esters is 1. The van der Waals surface area contributed by atoms with Gasteiger partial charge < -0.3 is 10.1 Å². The fourth-order valence-electron chi connectivity index (χ4n) is 4.03. The van der Waals surface area contributed by atoms with Gasteiger partial charge in [0.05, 0.1) is 35.5 Å². The van der Waals surface area contributed by atoms with Crippen molar-refractivity contribution < 1.29 is 27.1 Å². The van der Waals surface area contributed by atoms with Crippen LogP contribution in [0.25, 0.3) is 0 Å². The van der Waals surface area contributed by atoms with E-state index in [4.69, 9.17) is 16.3 Å². The maximum atomic E-state index is 14.5. The van der Waals surface area contributed by atoms with Crippen molar-refractivity contribution in [1.82, 2.24) is 9.97 Å². The number of aromatic nitrogens is 2. The first-order valence-corrected chi connectivity index (χ1v) is 11.6. The lowest BCUT2D eigenvalue weighted by molar-refractivity contribution is -0.141. The van der Waals surface area contributed by atoms with Gasteiger partial charge in [0.1, 0.15) is 11.4 Å². The number of alkyl halides is 3. The van der Waals surface area contributed by atoms with Gasteiger partial charge in [0, 0.05) is 11.1 Å². The molecule has 3 aromatic rings. The minimum atomic E-state index is -4.80. The Labute approximate surface area is 202 Å². The average molecular weight is 514 g/mol. The second-order valence-corrected chi connectivity index (χ2v) is 9.49. The van der Waals surface area contributed by atoms with E-state index in [9.17, 15) is 22.4 Å². The van der Waals surface area contributed by atoms with Crippen LogP contribution in [0.2, 0.25) is 5.02 Å². The van der Waals surface area contributed by atoms with Crippen LogP contribution in [0, 0.1) is 5.82 Å². The summed E-state index contributed by atoms with van der Waals surface area (Å²) in [7, 11) is 1.16. The standard InChI is InChI=1S/C23H20ClF4N3O2S/c1-33-20(32)11-22(19-7-6-15(24)12-29-19,13-8-14(23(26,27)28)10-16(25)9-13)31-21-30-17-4-2-3-5-18(17)34-21/h6-10,12H,2-5,11H2,1H3,(H,30,31)/t22-/m1/s1. The Morgan fingerprint density at radius 2 is 1.91 bits per heavy atom. The van der Waals surface area contributed by atoms with Gasteiger partial charge in [-0.2, -0.15) is 13.2 Å². The molecule has 180 valence electrons. The molecule has 0 unspecified atom stereocenters. The van der Waals surface area contributed by atoms with Crippen LogP contribution in [0.3, 0.4) is 0 Å². The lowest BCUT2D eigenvalue weighted by Crippen LogP contribution is -2.40. The highest BCUT2D eigenvalue weighted by atomic mass is 35.5. The van der Waals surface area contributed by atoms with Crippen LogP contribution in [-0.4, -0.2) is 23.0 Å². The van der Waals surface area contributed by atoms with Gasteiger partial charge in [0.25, 0.3) is 0 Å². The molecular weight excluding hydrogens is 494 g/mol. The molecule has 0 aliphatic heterocycles. The molecule has 2 heterocycles. The predicted molar refractivity (Wildman–Crippen MR) is 120 cm³/mol. The second-order valence-electron chi connectivity index (χ2n) is 7.97. The quantitative estimate of drug-likeness (QED) is 0.316. The number of nitrogens with one attached hydrogen (secondary N) is 1. The summed E-state index contributed by atoms with van der Waals surface area (Å²) in [5.41, 5.74) is -1.97. The summed E-state index contributed by atoms with van der Waals surface area (Å²) in [5.74, 6) is -1.84. The zero-order valence-electron chi connectivity index (χ0n) is 18.0. The Kier molecular flexibility index (Phi) is 6.82. The molecule has 1 aliphatic rings. The predicted octanol–water partition coefficient (Wildman–Crippen LogP) is 6.15. The van der Waals surface area contributed by atoms with Crippen LogP contribution in [0.15, 0.2) is 36.5 Å². The van der Waals surface area contributed by atoms with Crippen molar-refractivity contribution in [2.75, 3.05) is 12.4 Å². The van der Waals surface area contributed by atoms with Crippen molar-refractivity contribution in [3.8, 4) is 0 Å². The topological polar surface area (TPSA) is 64.1 Å². The number of benzene rings is 1. The van der Waals surface area contributed by atoms with Crippen LogP contribution < -0.4 is 5.32 Å². The summed E-state index contributed by atoms with van der Waals surface area (Å²) in [5, 5.41) is 3.82. The molecule has 0 bridgehead atoms. The van der Waals surface area contributed by atoms with E-state index in [1.54, 1.807) is 0 Å². The zero-order valence-corrected chi connectivity index (χ0v) is 19.6. The van der Waals surface area contributed by atoms with E-state index >= 15 is 0 Å². The van der Waals surface area contributed by atoms with Crippen molar-refractivity contribution in [2.45, 2.75) is 43.8 Å². The molecular formula is C23H20ClF4N3O2S. The molecule has 2 aromatic heterocycles. The number of hydrogen-bond acceptors (Lipinski definition) is 6. The number of anilines is 1. The number of pyridine rings is 1. The first-order chi connectivity index (χ1) is 16.1. The molecule has 0 fully saturated rings. The van der Waals surface area contributed by atoms with Gasteiger partial charge in [-0.3, -0.25) is 9.78 Å². The van der Waals surface area contributed by atoms with Crippen molar-refractivity contribution in [1.29, 1.82) is 0 Å². The number of carbonyl (C=O) groups is 1. The normalized spacial score (nSPS) is 15.4. The van der Waals surface area contributed by atoms with Crippen molar-refractivity contribution in [2.24, 2.45) is 0 Å². The lowest BCUT2D eigenvalue weighted by Gasteiger charge is -2.34. The van der Waals surface area contributed by atoms with Gasteiger partial charge in [-0.1, -0.05) is 11.6 Å². The fourth-order valence-corrected chi connectivity index (χ4v) is 5.26. The van der Waals surface area contributed by atoms with Crippen molar-refractivity contribution in [3.05, 3.63) is 74.8 Å². The molecule has 0 radical (unpaired) electrons. The summed E-state index contributed by atoms with van der Waals surface area (Å²) >= 11 is 7.35. The highest BCUT2D eigenvalue weighted by Gasteiger charge is 2.42. The summed E-state index contributed by atoms with van der Waals surface area (Å²) in [4.78, 5) is 22.5. The van der Waals surface area contributed by atoms with Crippen LogP contribution >= 0.6 is 22.9 Å². The fraction of sp³-hybridized carbons (Fsp3) is 0.348. The number of halogens is 5. The lowest BCUT2D eigenvalue weighted by atomic mass is 9.82. The Hall–Kier alpha value is -2.72. The molecule has 0 spiro atoms. The largest absolute Gasteiger partial charge is 0.469 e. The molecule has 1 aromatic carbocycles. The number of rotatable bonds is 6. The number of methoxy groups -OCH3 is 1. The number of carbonyl (C=O) groups excluding carboxylic acids is 1. The molecule has 5 nitrogen and oxygen atoms in total. The number of thiazole rings is 1. The zero-order chi connectivity index (χ0) is 24.5. The molecule has 0 amide bonds. The molecule has 4 rings (SSSR count). The highest BCUT2D eigenvalue weighted by molar-refractivity contribution is 7.15. The molecule has 0 saturated carbocycles. The van der Waals surface area contributed by atoms with Gasteiger partial charge in [-0.05, 0) is 61.6 Å². The monoisotopic (exact) mass is 513 g/mol. The van der Waals surface area contributed by atoms with E-state index in [-0.39, 0.29) is 16.3 Å². The molecule has 1 aliphatic carbocycles. The third-order valence-electron chi connectivity index (χ3n) is 5.69. The maximum Gasteiger partial charge on any atom is 0.416 e. The van der Waals surface area contributed by atoms with Gasteiger partial charge in [-0.15, -0.1) is 11.3 Å². The Morgan fingerprint density at radius 3 is 2.56 bits per heavy atom. The minimum absolute atomic E-state index is 0.145. The van der Waals surface area contributed by atoms with E-state index in [1.807, 2.05) is 0 Å². The molecule has 34 heavy (non-hydrogen) atoms. The highest BCUT2D eigenvalue weighted by Crippen LogP contribution is 2.41. The number of nitrogens with zero attached hydrogens (tertiary/aromatic N) is 2. The Bertz CT molecular complexity index is 1180. The third kappa shape index (κ3) is 5.02. The molecule has 11 heteroatoms. The van der Waals surface area contributed by atoms with Crippen LogP contribution in [0.4, 0.5) is 22.7 Å². The van der Waals surface area contributed by atoms with E-state index < -0.39 is 35.5 Å². The van der Waals surface area contributed by atoms with Gasteiger partial charge >= 0.3 is 12.1 Å². The Balaban J connectivity index is 1.94. The number of aryl methyl sites for hydroxylation is 2. The van der Waals surface area contributed by atoms with E-state index in [0.29, 0.717) is 11.2 Å². The summed E-state index contributed by atoms with van der Waals surface area (Å²) < 4.78 is 60.1. The van der Waals surface area contributed by atoms with Gasteiger partial charge in [-0.25, -0.2) is 9.37 Å². The Morgan fingerprint density at radius 1 is 1.18 bits per heavy atom. The smallest absolute Gasteiger partial charge is 0.416 e. The average Bonchev–Trinajstić information content (AvgIpc) is 3.20. The van der Waals surface area contributed by atoms with Crippen molar-refractivity contribution in [3.63, 3.8) is 0 Å². The van der Waals surface area contributed by atoms with Crippen LogP contribution in [0.1, 0.15) is 46.7 Å². The van der Waals surface area contributed by atoms with Gasteiger partial charge in [0.15, 0.2) is 5.13 Å². The third-order valence-corrected chi connectivity index (χ3v) is 6.98. The molecule has 0 saturated heterocycles. The van der Waals surface area contributed by atoms with Crippen LogP contribution in [0.5, 0.6) is 0 Å². The maximum absolute atomic E-state index is 14.5. The summed E-state index contributed by atoms with van der Waals surface area (Å²) in [6.07, 6.45) is -0.336. The first-order valence-electron chi connectivity index (χ1n) is 10.4. The second kappa shape index (κ2) is 9.50. The van der Waals surface area contributed by atoms with Crippen LogP contribution in [-0.2, 0) is 34.1 Å². The summed E-state index contributed by atoms with van der Waals surface area (Å²) in [6, 6.07) is 5.14. The van der Waals surface area contributed by atoms with E-state index in [2.05, 4.69) is 15.3 Å². The first kappa shape index (κ1) is 24.4. The summed E-state index contributed by atoms with van der Waals surface area (Å²) in [6.45, 7) is 0.